The molecule has 0 spiro atoms. The molecule has 2 amide bonds. The van der Waals surface area contributed by atoms with Crippen LogP contribution >= 0.6 is 11.3 Å². The maximum absolute atomic E-state index is 12.9. The van der Waals surface area contributed by atoms with Gasteiger partial charge < -0.3 is 15.5 Å². The van der Waals surface area contributed by atoms with Crippen molar-refractivity contribution in [1.82, 2.24) is 19.4 Å². The van der Waals surface area contributed by atoms with Crippen LogP contribution in [0.25, 0.3) is 0 Å². The fourth-order valence-electron chi connectivity index (χ4n) is 4.23. The molecule has 27 heavy (non-hydrogen) atoms. The smallest absolute Gasteiger partial charge is 0.273 e. The Labute approximate surface area is 160 Å². The van der Waals surface area contributed by atoms with Gasteiger partial charge in [-0.3, -0.25) is 19.0 Å². The molecule has 2 aromatic heterocycles. The summed E-state index contributed by atoms with van der Waals surface area (Å²) < 4.78 is 1.63. The third kappa shape index (κ3) is 2.91. The second kappa shape index (κ2) is 6.49. The van der Waals surface area contributed by atoms with Gasteiger partial charge in [-0.2, -0.15) is 0 Å². The van der Waals surface area contributed by atoms with E-state index in [-0.39, 0.29) is 29.2 Å². The predicted molar refractivity (Wildman–Crippen MR) is 102 cm³/mol. The molecule has 9 heteroatoms. The molecule has 8 nitrogen and oxygen atoms in total. The zero-order valence-corrected chi connectivity index (χ0v) is 16.0. The van der Waals surface area contributed by atoms with Crippen molar-refractivity contribution in [2.75, 3.05) is 32.9 Å². The summed E-state index contributed by atoms with van der Waals surface area (Å²) in [6.45, 7) is 0.914. The van der Waals surface area contributed by atoms with Gasteiger partial charge in [-0.25, -0.2) is 4.98 Å². The summed E-state index contributed by atoms with van der Waals surface area (Å²) in [7, 11) is 3.37. The van der Waals surface area contributed by atoms with Gasteiger partial charge in [-0.1, -0.05) is 6.07 Å². The molecule has 2 aliphatic rings. The molecule has 0 unspecified atom stereocenters. The van der Waals surface area contributed by atoms with Crippen LogP contribution in [0.4, 0.5) is 5.13 Å². The number of likely N-dealkylation sites (tertiary alicyclic amines) is 1. The molecule has 4 rings (SSSR count). The number of amides is 2. The minimum Gasteiger partial charge on any atom is -0.375 e. The van der Waals surface area contributed by atoms with Gasteiger partial charge in [0.25, 0.3) is 11.5 Å². The second-order valence-corrected chi connectivity index (χ2v) is 8.20. The van der Waals surface area contributed by atoms with Gasteiger partial charge in [-0.05, 0) is 12.5 Å². The van der Waals surface area contributed by atoms with E-state index < -0.39 is 6.04 Å². The van der Waals surface area contributed by atoms with Crippen molar-refractivity contribution in [1.29, 1.82) is 0 Å². The van der Waals surface area contributed by atoms with Crippen LogP contribution in [0.3, 0.4) is 0 Å². The number of likely N-dealkylation sites (N-methyl/N-ethyl adjacent to an activating group) is 1. The summed E-state index contributed by atoms with van der Waals surface area (Å²) in [5.74, 6) is -0.407. The first-order chi connectivity index (χ1) is 12.9. The predicted octanol–water partition coefficient (Wildman–Crippen LogP) is 0.776. The number of thiazole rings is 1. The largest absolute Gasteiger partial charge is 0.375 e. The molecule has 142 valence electrons. The lowest BCUT2D eigenvalue weighted by Crippen LogP contribution is -2.54. The summed E-state index contributed by atoms with van der Waals surface area (Å²) in [5.41, 5.74) is 6.64. The molecule has 1 saturated heterocycles. The Balaban J connectivity index is 1.74. The Kier molecular flexibility index (Phi) is 4.26. The maximum atomic E-state index is 12.9. The molecule has 2 bridgehead atoms. The highest BCUT2D eigenvalue weighted by Crippen LogP contribution is 2.42. The number of carbonyl (C=O) groups excluding carboxylic acids is 2. The van der Waals surface area contributed by atoms with Crippen LogP contribution < -0.4 is 11.3 Å². The quantitative estimate of drug-likeness (QED) is 0.820. The van der Waals surface area contributed by atoms with Gasteiger partial charge in [0, 0.05) is 56.2 Å². The number of pyridine rings is 1. The number of carbonyl (C=O) groups is 2. The summed E-state index contributed by atoms with van der Waals surface area (Å²) >= 11 is 1.23. The number of nitrogen functional groups attached to an aromatic ring is 1. The first-order valence-corrected chi connectivity index (χ1v) is 9.67. The minimum atomic E-state index is -0.601. The average Bonchev–Trinajstić information content (AvgIpc) is 3.08. The normalized spacial score (nSPS) is 23.6. The highest BCUT2D eigenvalue weighted by atomic mass is 32.1. The standard InChI is InChI=1S/C18H21N5O3S/c1-21(2)17(26)15-11-6-10(13-4-3-5-14(24)23(13)15)7-22(8-11)16(25)12-9-27-18(19)20-12/h3-5,9-11,15H,6-8H2,1-2H3,(H2,19,20)/t10-,11+,15-/m1/s1. The van der Waals surface area contributed by atoms with E-state index >= 15 is 0 Å². The lowest BCUT2D eigenvalue weighted by molar-refractivity contribution is -0.135. The van der Waals surface area contributed by atoms with Crippen molar-refractivity contribution in [2.45, 2.75) is 18.4 Å². The molecular formula is C18H21N5O3S. The van der Waals surface area contributed by atoms with Gasteiger partial charge in [-0.15, -0.1) is 11.3 Å². The van der Waals surface area contributed by atoms with E-state index in [0.29, 0.717) is 23.9 Å². The molecule has 0 saturated carbocycles. The van der Waals surface area contributed by atoms with Crippen molar-refractivity contribution >= 4 is 28.3 Å². The molecule has 2 N–H and O–H groups in total. The first kappa shape index (κ1) is 17.7. The zero-order chi connectivity index (χ0) is 19.3. The molecule has 1 fully saturated rings. The summed E-state index contributed by atoms with van der Waals surface area (Å²) in [4.78, 5) is 45.7. The molecule has 0 aromatic carbocycles. The minimum absolute atomic E-state index is 0.0174. The van der Waals surface area contributed by atoms with E-state index in [1.807, 2.05) is 6.07 Å². The van der Waals surface area contributed by atoms with Gasteiger partial charge in [0.15, 0.2) is 5.13 Å². The Morgan fingerprint density at radius 2 is 2.07 bits per heavy atom. The SMILES string of the molecule is CN(C)C(=O)[C@H]1[C@H]2C[C@H](CN(C(=O)c3csc(N)n3)C2)c2cccc(=O)n21. The molecular weight excluding hydrogens is 366 g/mol. The molecule has 0 aliphatic carbocycles. The maximum Gasteiger partial charge on any atom is 0.273 e. The van der Waals surface area contributed by atoms with Crippen LogP contribution in [-0.4, -0.2) is 58.4 Å². The van der Waals surface area contributed by atoms with Gasteiger partial charge in [0.2, 0.25) is 5.91 Å². The molecule has 0 radical (unpaired) electrons. The highest BCUT2D eigenvalue weighted by molar-refractivity contribution is 7.13. The van der Waals surface area contributed by atoms with E-state index in [4.69, 9.17) is 5.73 Å². The van der Waals surface area contributed by atoms with E-state index in [0.717, 1.165) is 12.1 Å². The van der Waals surface area contributed by atoms with Crippen LogP contribution in [-0.2, 0) is 4.79 Å². The fourth-order valence-corrected chi connectivity index (χ4v) is 4.77. The Bertz CT molecular complexity index is 966. The number of nitrogens with two attached hydrogens (primary N) is 1. The van der Waals surface area contributed by atoms with E-state index in [1.54, 1.807) is 35.0 Å². The van der Waals surface area contributed by atoms with Crippen molar-refractivity contribution in [2.24, 2.45) is 5.92 Å². The van der Waals surface area contributed by atoms with E-state index in [9.17, 15) is 14.4 Å². The Morgan fingerprint density at radius 3 is 2.74 bits per heavy atom. The van der Waals surface area contributed by atoms with Crippen molar-refractivity contribution in [3.8, 4) is 0 Å². The molecule has 3 atom stereocenters. The lowest BCUT2D eigenvalue weighted by Gasteiger charge is -2.46. The second-order valence-electron chi connectivity index (χ2n) is 7.31. The number of piperidine rings is 1. The van der Waals surface area contributed by atoms with Crippen molar-refractivity contribution < 1.29 is 9.59 Å². The number of anilines is 1. The lowest BCUT2D eigenvalue weighted by atomic mass is 9.78. The summed E-state index contributed by atoms with van der Waals surface area (Å²) in [6.07, 6.45) is 0.774. The third-order valence-electron chi connectivity index (χ3n) is 5.37. The van der Waals surface area contributed by atoms with Gasteiger partial charge in [0.05, 0.1) is 0 Å². The number of hydrogen-bond acceptors (Lipinski definition) is 6. The number of aromatic nitrogens is 2. The molecule has 4 heterocycles. The fraction of sp³-hybridized carbons (Fsp3) is 0.444. The zero-order valence-electron chi connectivity index (χ0n) is 15.2. The van der Waals surface area contributed by atoms with Gasteiger partial charge in [0.1, 0.15) is 11.7 Å². The average molecular weight is 387 g/mol. The first-order valence-electron chi connectivity index (χ1n) is 8.79. The highest BCUT2D eigenvalue weighted by Gasteiger charge is 2.45. The van der Waals surface area contributed by atoms with E-state index in [1.165, 1.54) is 22.3 Å². The van der Waals surface area contributed by atoms with Crippen LogP contribution in [0, 0.1) is 5.92 Å². The topological polar surface area (TPSA) is 102 Å². The Hall–Kier alpha value is -2.68. The number of nitrogens with zero attached hydrogens (tertiary/aromatic N) is 4. The molecule has 2 aliphatic heterocycles. The molecule has 2 aromatic rings. The van der Waals surface area contributed by atoms with Crippen LogP contribution in [0.2, 0.25) is 0 Å². The van der Waals surface area contributed by atoms with E-state index in [2.05, 4.69) is 4.98 Å². The van der Waals surface area contributed by atoms with Gasteiger partial charge >= 0.3 is 0 Å². The summed E-state index contributed by atoms with van der Waals surface area (Å²) in [6, 6.07) is 4.48. The van der Waals surface area contributed by atoms with Crippen molar-refractivity contribution in [3.05, 3.63) is 45.3 Å². The Morgan fingerprint density at radius 1 is 1.30 bits per heavy atom. The van der Waals surface area contributed by atoms with Crippen LogP contribution in [0.5, 0.6) is 0 Å². The van der Waals surface area contributed by atoms with Crippen LogP contribution in [0.1, 0.15) is 34.6 Å². The summed E-state index contributed by atoms with van der Waals surface area (Å²) in [5, 5.41) is 2.01. The third-order valence-corrected chi connectivity index (χ3v) is 6.04. The van der Waals surface area contributed by atoms with Crippen molar-refractivity contribution in [3.63, 3.8) is 0 Å². The number of hydrogen-bond donors (Lipinski definition) is 1. The monoisotopic (exact) mass is 387 g/mol. The number of fused-ring (bicyclic) bond motifs is 4. The number of rotatable bonds is 2. The van der Waals surface area contributed by atoms with Crippen LogP contribution in [0.15, 0.2) is 28.4 Å².